The van der Waals surface area contributed by atoms with Crippen LogP contribution < -0.4 is 0 Å². The van der Waals surface area contributed by atoms with Crippen molar-refractivity contribution in [1.82, 2.24) is 25.3 Å². The maximum absolute atomic E-state index is 12.5. The van der Waals surface area contributed by atoms with Crippen LogP contribution in [0.25, 0.3) is 0 Å². The van der Waals surface area contributed by atoms with Gasteiger partial charge in [-0.25, -0.2) is 0 Å². The summed E-state index contributed by atoms with van der Waals surface area (Å²) in [5.41, 5.74) is 1.35. The zero-order chi connectivity index (χ0) is 14.5. The number of aromatic nitrogens is 4. The Morgan fingerprint density at radius 2 is 2.29 bits per heavy atom. The number of carbonyl (C=O) groups is 1. The third-order valence-corrected chi connectivity index (χ3v) is 3.49. The molecule has 7 heteroatoms. The van der Waals surface area contributed by atoms with Crippen molar-refractivity contribution in [2.24, 2.45) is 0 Å². The first-order valence-electron chi connectivity index (χ1n) is 6.98. The summed E-state index contributed by atoms with van der Waals surface area (Å²) in [5, 5.41) is 10.0. The summed E-state index contributed by atoms with van der Waals surface area (Å²) in [6.45, 7) is 1.84. The number of carbonyl (C=O) groups excluding carboxylic acids is 1. The molecule has 1 N–H and O–H groups in total. The van der Waals surface area contributed by atoms with Gasteiger partial charge in [0, 0.05) is 32.1 Å². The van der Waals surface area contributed by atoms with Crippen LogP contribution in [0.3, 0.4) is 0 Å². The number of pyridine rings is 1. The van der Waals surface area contributed by atoms with Gasteiger partial charge in [-0.3, -0.25) is 9.78 Å². The molecule has 0 aromatic carbocycles. The van der Waals surface area contributed by atoms with Crippen molar-refractivity contribution in [3.8, 4) is 0 Å². The Balaban J connectivity index is 1.75. The van der Waals surface area contributed by atoms with Crippen molar-refractivity contribution in [2.75, 3.05) is 13.2 Å². The number of amides is 1. The van der Waals surface area contributed by atoms with Gasteiger partial charge in [0.1, 0.15) is 0 Å². The highest BCUT2D eigenvalue weighted by molar-refractivity contribution is 5.91. The normalized spacial score (nSPS) is 17.8. The molecule has 3 rings (SSSR count). The second-order valence-corrected chi connectivity index (χ2v) is 5.03. The Morgan fingerprint density at radius 1 is 1.43 bits per heavy atom. The monoisotopic (exact) mass is 287 g/mol. The van der Waals surface area contributed by atoms with Crippen molar-refractivity contribution in [2.45, 2.75) is 25.5 Å². The smallest absolute Gasteiger partial charge is 0.276 e. The largest absolute Gasteiger partial charge is 0.376 e. The molecule has 1 aliphatic heterocycles. The van der Waals surface area contributed by atoms with Gasteiger partial charge in [0.15, 0.2) is 5.69 Å². The minimum atomic E-state index is -0.143. The summed E-state index contributed by atoms with van der Waals surface area (Å²) in [6, 6.07) is 3.80. The standard InChI is InChI=1S/C14H17N5O2/c20-14(13-8-16-18-17-13)19(10-12-2-1-7-21-12)9-11-3-5-15-6-4-11/h3-6,8,12H,1-2,7,9-10H2,(H,16,17,18)/t12-/m0/s1. The molecule has 1 aliphatic rings. The van der Waals surface area contributed by atoms with Gasteiger partial charge in [-0.1, -0.05) is 0 Å². The van der Waals surface area contributed by atoms with Crippen LogP contribution in [0.5, 0.6) is 0 Å². The molecule has 0 saturated carbocycles. The molecule has 0 radical (unpaired) electrons. The lowest BCUT2D eigenvalue weighted by atomic mass is 10.2. The van der Waals surface area contributed by atoms with Gasteiger partial charge in [0.05, 0.1) is 12.3 Å². The number of aromatic amines is 1. The fourth-order valence-corrected chi connectivity index (χ4v) is 2.43. The summed E-state index contributed by atoms with van der Waals surface area (Å²) in [4.78, 5) is 18.3. The quantitative estimate of drug-likeness (QED) is 0.887. The Labute approximate surface area is 122 Å². The topological polar surface area (TPSA) is 84.0 Å². The minimum Gasteiger partial charge on any atom is -0.376 e. The van der Waals surface area contributed by atoms with Crippen LogP contribution in [0.2, 0.25) is 0 Å². The highest BCUT2D eigenvalue weighted by atomic mass is 16.5. The van der Waals surface area contributed by atoms with Crippen molar-refractivity contribution < 1.29 is 9.53 Å². The molecule has 21 heavy (non-hydrogen) atoms. The lowest BCUT2D eigenvalue weighted by Crippen LogP contribution is -2.37. The fraction of sp³-hybridized carbons (Fsp3) is 0.429. The Hall–Kier alpha value is -2.28. The zero-order valence-electron chi connectivity index (χ0n) is 11.6. The lowest BCUT2D eigenvalue weighted by Gasteiger charge is -2.24. The third-order valence-electron chi connectivity index (χ3n) is 3.49. The van der Waals surface area contributed by atoms with Gasteiger partial charge in [-0.2, -0.15) is 15.4 Å². The van der Waals surface area contributed by atoms with E-state index in [4.69, 9.17) is 4.74 Å². The number of rotatable bonds is 5. The molecular weight excluding hydrogens is 270 g/mol. The summed E-state index contributed by atoms with van der Waals surface area (Å²) < 4.78 is 5.64. The van der Waals surface area contributed by atoms with E-state index in [1.165, 1.54) is 6.20 Å². The lowest BCUT2D eigenvalue weighted by molar-refractivity contribution is 0.0503. The number of ether oxygens (including phenoxy) is 1. The maximum Gasteiger partial charge on any atom is 0.276 e. The highest BCUT2D eigenvalue weighted by Gasteiger charge is 2.24. The number of nitrogens with zero attached hydrogens (tertiary/aromatic N) is 4. The predicted octanol–water partition coefficient (Wildman–Crippen LogP) is 1.02. The maximum atomic E-state index is 12.5. The Morgan fingerprint density at radius 3 is 2.95 bits per heavy atom. The van der Waals surface area contributed by atoms with E-state index in [0.717, 1.165) is 25.0 Å². The molecule has 110 valence electrons. The second-order valence-electron chi connectivity index (χ2n) is 5.03. The van der Waals surface area contributed by atoms with Crippen molar-refractivity contribution in [3.63, 3.8) is 0 Å². The molecule has 0 unspecified atom stereocenters. The molecule has 1 saturated heterocycles. The SMILES string of the molecule is O=C(c1cn[nH]n1)N(Cc1ccncc1)C[C@@H]1CCCO1. The van der Waals surface area contributed by atoms with Gasteiger partial charge in [0.25, 0.3) is 5.91 Å². The molecule has 2 aromatic rings. The van der Waals surface area contributed by atoms with Crippen LogP contribution in [0.1, 0.15) is 28.9 Å². The van der Waals surface area contributed by atoms with E-state index in [2.05, 4.69) is 20.4 Å². The summed E-state index contributed by atoms with van der Waals surface area (Å²) >= 11 is 0. The van der Waals surface area contributed by atoms with E-state index < -0.39 is 0 Å². The van der Waals surface area contributed by atoms with Crippen LogP contribution >= 0.6 is 0 Å². The predicted molar refractivity (Wildman–Crippen MR) is 74.3 cm³/mol. The second kappa shape index (κ2) is 6.45. The first-order valence-corrected chi connectivity index (χ1v) is 6.98. The summed E-state index contributed by atoms with van der Waals surface area (Å²) in [7, 11) is 0. The molecule has 0 spiro atoms. The zero-order valence-corrected chi connectivity index (χ0v) is 11.6. The average Bonchev–Trinajstić information content (AvgIpc) is 3.20. The number of H-pyrrole nitrogens is 1. The Kier molecular flexibility index (Phi) is 4.20. The van der Waals surface area contributed by atoms with Crippen LogP contribution in [-0.2, 0) is 11.3 Å². The number of hydrogen-bond donors (Lipinski definition) is 1. The van der Waals surface area contributed by atoms with Gasteiger partial charge < -0.3 is 9.64 Å². The summed E-state index contributed by atoms with van der Waals surface area (Å²) in [5.74, 6) is -0.143. The molecule has 1 fully saturated rings. The average molecular weight is 287 g/mol. The molecule has 1 amide bonds. The molecular formula is C14H17N5O2. The van der Waals surface area contributed by atoms with Crippen LogP contribution in [-0.4, -0.2) is 50.5 Å². The first kappa shape index (κ1) is 13.7. The van der Waals surface area contributed by atoms with E-state index in [9.17, 15) is 4.79 Å². The van der Waals surface area contributed by atoms with Crippen LogP contribution in [0.4, 0.5) is 0 Å². The minimum absolute atomic E-state index is 0.0997. The highest BCUT2D eigenvalue weighted by Crippen LogP contribution is 2.16. The number of nitrogens with one attached hydrogen (secondary N) is 1. The summed E-state index contributed by atoms with van der Waals surface area (Å²) in [6.07, 6.45) is 7.02. The number of hydrogen-bond acceptors (Lipinski definition) is 5. The van der Waals surface area contributed by atoms with Crippen LogP contribution in [0.15, 0.2) is 30.7 Å². The van der Waals surface area contributed by atoms with Gasteiger partial charge in [-0.15, -0.1) is 0 Å². The molecule has 0 bridgehead atoms. The molecule has 3 heterocycles. The van der Waals surface area contributed by atoms with E-state index in [0.29, 0.717) is 18.8 Å². The van der Waals surface area contributed by atoms with Crippen molar-refractivity contribution in [3.05, 3.63) is 42.0 Å². The van der Waals surface area contributed by atoms with Crippen LogP contribution in [0, 0.1) is 0 Å². The molecule has 1 atom stereocenters. The van der Waals surface area contributed by atoms with Gasteiger partial charge in [-0.05, 0) is 30.5 Å². The first-order chi connectivity index (χ1) is 10.3. The van der Waals surface area contributed by atoms with Gasteiger partial charge in [0.2, 0.25) is 0 Å². The van der Waals surface area contributed by atoms with E-state index >= 15 is 0 Å². The fourth-order valence-electron chi connectivity index (χ4n) is 2.43. The third kappa shape index (κ3) is 3.43. The van der Waals surface area contributed by atoms with Crippen molar-refractivity contribution >= 4 is 5.91 Å². The Bertz CT molecular complexity index is 566. The van der Waals surface area contributed by atoms with E-state index in [1.54, 1.807) is 17.3 Å². The van der Waals surface area contributed by atoms with E-state index in [-0.39, 0.29) is 12.0 Å². The molecule has 2 aromatic heterocycles. The van der Waals surface area contributed by atoms with E-state index in [1.807, 2.05) is 12.1 Å². The molecule has 7 nitrogen and oxygen atoms in total. The van der Waals surface area contributed by atoms with Crippen molar-refractivity contribution in [1.29, 1.82) is 0 Å². The van der Waals surface area contributed by atoms with Gasteiger partial charge >= 0.3 is 0 Å². The molecule has 0 aliphatic carbocycles.